The molecule has 0 aliphatic carbocycles. The molecule has 0 atom stereocenters. The van der Waals surface area contributed by atoms with Gasteiger partial charge in [0, 0.05) is 0 Å². The topological polar surface area (TPSA) is 0 Å². The van der Waals surface area contributed by atoms with E-state index in [9.17, 15) is 0 Å². The van der Waals surface area contributed by atoms with Gasteiger partial charge in [-0.3, -0.25) is 0 Å². The molecule has 0 aromatic heterocycles. The van der Waals surface area contributed by atoms with Crippen molar-refractivity contribution in [1.29, 1.82) is 0 Å². The molecular formula is C27H74. The second-order valence-corrected chi connectivity index (χ2v) is 1.41. The zero-order valence-electron chi connectivity index (χ0n) is 25.1. The maximum Gasteiger partial charge on any atom is -0.0473 e. The maximum atomic E-state index is 3.36. The molecule has 0 heterocycles. The van der Waals surface area contributed by atoms with Gasteiger partial charge in [0.25, 0.3) is 0 Å². The van der Waals surface area contributed by atoms with E-state index in [1.165, 1.54) is 12.8 Å². The molecule has 0 amide bonds. The molecule has 0 aliphatic heterocycles. The second-order valence-electron chi connectivity index (χ2n) is 1.41. The lowest BCUT2D eigenvalue weighted by Gasteiger charge is -1.68. The minimum Gasteiger partial charge on any atom is -0.106 e. The summed E-state index contributed by atoms with van der Waals surface area (Å²) in [6.45, 7) is 51.6. The Labute approximate surface area is 184 Å². The Morgan fingerprint density at radius 1 is 0.407 bits per heavy atom. The van der Waals surface area contributed by atoms with Gasteiger partial charge in [0.2, 0.25) is 0 Å². The fourth-order valence-corrected chi connectivity index (χ4v) is 0. The van der Waals surface area contributed by atoms with E-state index >= 15 is 0 Å². The van der Waals surface area contributed by atoms with Crippen molar-refractivity contribution in [2.75, 3.05) is 0 Å². The molecule has 0 N–H and O–H groups in total. The van der Waals surface area contributed by atoms with Crippen molar-refractivity contribution >= 4 is 0 Å². The molecule has 0 heteroatoms. The van der Waals surface area contributed by atoms with Crippen LogP contribution in [0.3, 0.4) is 0 Å². The van der Waals surface area contributed by atoms with Crippen molar-refractivity contribution < 1.29 is 0 Å². The highest BCUT2D eigenvalue weighted by Crippen LogP contribution is 1.76. The van der Waals surface area contributed by atoms with Crippen molar-refractivity contribution in [3.05, 3.63) is 25.8 Å². The Kier molecular flexibility index (Phi) is 7540. The summed E-state index contributed by atoms with van der Waals surface area (Å²) in [5.74, 6) is 0. The van der Waals surface area contributed by atoms with Crippen LogP contribution in [-0.4, -0.2) is 0 Å². The van der Waals surface area contributed by atoms with Crippen LogP contribution in [-0.2, 0) is 0 Å². The zero-order valence-corrected chi connectivity index (χ0v) is 25.1. The molecule has 0 aliphatic rings. The van der Waals surface area contributed by atoms with Gasteiger partial charge in [0.15, 0.2) is 0 Å². The zero-order chi connectivity index (χ0) is 26.1. The predicted molar refractivity (Wildman–Crippen MR) is 150 cm³/mol. The number of rotatable bonds is 1. The van der Waals surface area contributed by atoms with Crippen molar-refractivity contribution in [2.24, 2.45) is 0 Å². The fraction of sp³-hybridized carbons (Fsp3) is 0.852. The number of hydrogen-bond acceptors (Lipinski definition) is 0. The monoisotopic (exact) mass is 399 g/mol. The minimum absolute atomic E-state index is 1.32. The highest BCUT2D eigenvalue weighted by molar-refractivity contribution is 4.51. The Bertz CT molecular complexity index is 27.0. The quantitative estimate of drug-likeness (QED) is 0.385. The SMILES string of the molecule is C=C.C=CC.CC.CC.CC.CC.CC.CC.CC.CC.CC.CCCC. The van der Waals surface area contributed by atoms with E-state index in [0.717, 1.165) is 0 Å². The summed E-state index contributed by atoms with van der Waals surface area (Å²) < 4.78 is 0. The van der Waals surface area contributed by atoms with Crippen LogP contribution in [0.4, 0.5) is 0 Å². The number of allylic oxidation sites excluding steroid dienone is 1. The molecule has 0 bridgehead atoms. The first-order valence-corrected chi connectivity index (χ1v) is 12.4. The van der Waals surface area contributed by atoms with Gasteiger partial charge in [-0.05, 0) is 6.92 Å². The third kappa shape index (κ3) is 61000. The van der Waals surface area contributed by atoms with Crippen molar-refractivity contribution in [3.63, 3.8) is 0 Å². The lowest BCUT2D eigenvalue weighted by Crippen LogP contribution is -1.47. The minimum atomic E-state index is 1.32. The highest BCUT2D eigenvalue weighted by Gasteiger charge is 1.56. The van der Waals surface area contributed by atoms with Gasteiger partial charge in [0.1, 0.15) is 0 Å². The first-order chi connectivity index (χ1) is 13.3. The third-order valence-corrected chi connectivity index (χ3v) is 0.500. The summed E-state index contributed by atoms with van der Waals surface area (Å²) >= 11 is 0. The molecule has 0 aromatic carbocycles. The Morgan fingerprint density at radius 3 is 0.444 bits per heavy atom. The number of unbranched alkanes of at least 4 members (excludes halogenated alkanes) is 1. The van der Waals surface area contributed by atoms with Crippen LogP contribution in [0.2, 0.25) is 0 Å². The van der Waals surface area contributed by atoms with Gasteiger partial charge in [-0.2, -0.15) is 0 Å². The molecule has 27 heavy (non-hydrogen) atoms. The van der Waals surface area contributed by atoms with E-state index in [-0.39, 0.29) is 0 Å². The third-order valence-electron chi connectivity index (χ3n) is 0.500. The molecule has 0 spiro atoms. The maximum absolute atomic E-state index is 3.36. The smallest absolute Gasteiger partial charge is 0.0473 e. The van der Waals surface area contributed by atoms with Crippen LogP contribution in [0, 0.1) is 0 Å². The van der Waals surface area contributed by atoms with Gasteiger partial charge in [-0.25, -0.2) is 0 Å². The van der Waals surface area contributed by atoms with Crippen LogP contribution in [0.15, 0.2) is 25.8 Å². The fourth-order valence-electron chi connectivity index (χ4n) is 0. The summed E-state index contributed by atoms with van der Waals surface area (Å²) in [5, 5.41) is 0. The molecule has 0 rings (SSSR count). The van der Waals surface area contributed by atoms with E-state index in [1.807, 2.05) is 132 Å². The second kappa shape index (κ2) is 2480. The highest BCUT2D eigenvalue weighted by atomic mass is 13.6. The first kappa shape index (κ1) is 82.0. The largest absolute Gasteiger partial charge is 0.106 e. The van der Waals surface area contributed by atoms with Crippen LogP contribution in [0.1, 0.15) is 158 Å². The standard InChI is InChI=1S/C4H10.C3H6.9C2H6.C2H4/c1-3-4-2;1-3-2;10*1-2/h3-4H2,1-2H3;3H,1H2,2H3;9*1-2H3;1-2H2. The van der Waals surface area contributed by atoms with E-state index in [2.05, 4.69) is 33.6 Å². The van der Waals surface area contributed by atoms with Crippen molar-refractivity contribution in [3.8, 4) is 0 Å². The van der Waals surface area contributed by atoms with E-state index in [0.29, 0.717) is 0 Å². The summed E-state index contributed by atoms with van der Waals surface area (Å²) in [6.07, 6.45) is 4.39. The Balaban J connectivity index is -0.00000000921. The van der Waals surface area contributed by atoms with Gasteiger partial charge in [-0.1, -0.05) is 157 Å². The van der Waals surface area contributed by atoms with Crippen LogP contribution >= 0.6 is 0 Å². The molecule has 0 fully saturated rings. The van der Waals surface area contributed by atoms with Gasteiger partial charge in [-0.15, -0.1) is 19.7 Å². The van der Waals surface area contributed by atoms with Crippen LogP contribution in [0.25, 0.3) is 0 Å². The molecule has 0 unspecified atom stereocenters. The molecule has 0 saturated heterocycles. The van der Waals surface area contributed by atoms with Crippen molar-refractivity contribution in [2.45, 2.75) is 158 Å². The summed E-state index contributed by atoms with van der Waals surface area (Å²) in [6, 6.07) is 0. The predicted octanol–water partition coefficient (Wildman–Crippen LogP) is 13.0. The van der Waals surface area contributed by atoms with Gasteiger partial charge < -0.3 is 0 Å². The molecule has 0 aromatic rings. The average molecular weight is 399 g/mol. The summed E-state index contributed by atoms with van der Waals surface area (Å²) in [4.78, 5) is 0. The van der Waals surface area contributed by atoms with Crippen LogP contribution < -0.4 is 0 Å². The first-order valence-electron chi connectivity index (χ1n) is 12.4. The molecular weight excluding hydrogens is 324 g/mol. The van der Waals surface area contributed by atoms with E-state index in [1.54, 1.807) is 6.08 Å². The van der Waals surface area contributed by atoms with E-state index < -0.39 is 0 Å². The Morgan fingerprint density at radius 2 is 0.444 bits per heavy atom. The lowest BCUT2D eigenvalue weighted by atomic mass is 10.4. The average Bonchev–Trinajstić information content (AvgIpc) is 2.87. The Hall–Kier alpha value is -0.520. The molecule has 182 valence electrons. The van der Waals surface area contributed by atoms with Crippen LogP contribution in [0.5, 0.6) is 0 Å². The lowest BCUT2D eigenvalue weighted by molar-refractivity contribution is 0.886. The van der Waals surface area contributed by atoms with Gasteiger partial charge in [0.05, 0.1) is 0 Å². The molecule has 0 saturated carbocycles. The normalized spacial score (nSPS) is 3.74. The summed E-state index contributed by atoms with van der Waals surface area (Å²) in [5.41, 5.74) is 0. The van der Waals surface area contributed by atoms with Gasteiger partial charge >= 0.3 is 0 Å². The molecule has 0 nitrogen and oxygen atoms in total. The summed E-state index contributed by atoms with van der Waals surface area (Å²) in [7, 11) is 0. The van der Waals surface area contributed by atoms with E-state index in [4.69, 9.17) is 0 Å². The van der Waals surface area contributed by atoms with Crippen molar-refractivity contribution in [1.82, 2.24) is 0 Å². The number of hydrogen-bond donors (Lipinski definition) is 0. The molecule has 0 radical (unpaired) electrons.